The highest BCUT2D eigenvalue weighted by Gasteiger charge is 2.45. The Kier molecular flexibility index (Phi) is 15.7. The van der Waals surface area contributed by atoms with Gasteiger partial charge in [-0.25, -0.2) is 0 Å². The third-order valence-electron chi connectivity index (χ3n) is 13.4. The van der Waals surface area contributed by atoms with E-state index in [1.807, 2.05) is 116 Å². The number of fused-ring (bicyclic) bond motifs is 1. The number of nitrogens with two attached hydrogens (primary N) is 1. The molecule has 2 amide bonds. The van der Waals surface area contributed by atoms with Crippen molar-refractivity contribution in [2.75, 3.05) is 27.2 Å². The Morgan fingerprint density at radius 1 is 0.797 bits per heavy atom. The number of hydrogen-bond donors (Lipinski definition) is 1. The molecule has 0 saturated heterocycles. The molecular weight excluding hydrogens is 858 g/mol. The van der Waals surface area contributed by atoms with E-state index in [1.54, 1.807) is 30.0 Å². The van der Waals surface area contributed by atoms with Crippen molar-refractivity contribution in [3.63, 3.8) is 0 Å². The molecule has 1 aliphatic rings. The second-order valence-corrected chi connectivity index (χ2v) is 24.5. The number of aryl methyl sites for hydroxylation is 2. The van der Waals surface area contributed by atoms with E-state index in [2.05, 4.69) is 46.0 Å². The van der Waals surface area contributed by atoms with Gasteiger partial charge in [0.15, 0.2) is 13.9 Å². The summed E-state index contributed by atoms with van der Waals surface area (Å²) in [4.78, 5) is 47.7. The number of ether oxygens (including phenoxy) is 1. The van der Waals surface area contributed by atoms with Crippen LogP contribution in [0.2, 0.25) is 28.2 Å². The summed E-state index contributed by atoms with van der Waals surface area (Å²) in [6.07, 6.45) is 1.71. The maximum atomic E-state index is 15.2. The Bertz CT molecular complexity index is 2390. The summed E-state index contributed by atoms with van der Waals surface area (Å²) in [5.74, 6) is -2.07. The number of likely N-dealkylation sites (N-methyl/N-ethyl adjacent to an activating group) is 2. The van der Waals surface area contributed by atoms with Crippen molar-refractivity contribution in [1.29, 1.82) is 0 Å². The average molecular weight is 921 g/mol. The van der Waals surface area contributed by atoms with Gasteiger partial charge in [-0.3, -0.25) is 14.4 Å². The maximum absolute atomic E-state index is 15.2. The van der Waals surface area contributed by atoms with Crippen LogP contribution in [0.15, 0.2) is 127 Å². The fourth-order valence-electron chi connectivity index (χ4n) is 8.59. The van der Waals surface area contributed by atoms with E-state index in [4.69, 9.17) is 38.1 Å². The fraction of sp³-hybridized carbons (Fsp3) is 0.377. The quantitative estimate of drug-likeness (QED) is 0.0566. The van der Waals surface area contributed by atoms with Gasteiger partial charge in [0.25, 0.3) is 0 Å². The molecule has 8 nitrogen and oxygen atoms in total. The summed E-state index contributed by atoms with van der Waals surface area (Å²) >= 11 is 13.3. The second-order valence-electron chi connectivity index (χ2n) is 18.9. The molecule has 2 N–H and O–H groups in total. The number of rotatable bonds is 17. The normalized spacial score (nSPS) is 16.2. The lowest BCUT2D eigenvalue weighted by atomic mass is 9.79. The number of nitrogens with zero attached hydrogens (tertiary/aromatic N) is 2. The molecule has 0 aromatic heterocycles. The van der Waals surface area contributed by atoms with Crippen molar-refractivity contribution < 1.29 is 23.5 Å². The first-order chi connectivity index (χ1) is 30.3. The molecule has 5 aromatic carbocycles. The van der Waals surface area contributed by atoms with Crippen LogP contribution in [-0.4, -0.2) is 75.2 Å². The molecule has 0 spiro atoms. The van der Waals surface area contributed by atoms with Crippen LogP contribution in [0, 0.1) is 12.8 Å². The van der Waals surface area contributed by atoms with E-state index < -0.39 is 37.9 Å². The van der Waals surface area contributed by atoms with Crippen molar-refractivity contribution in [1.82, 2.24) is 9.80 Å². The summed E-state index contributed by atoms with van der Waals surface area (Å²) in [5.41, 5.74) is 11.4. The van der Waals surface area contributed by atoms with Crippen molar-refractivity contribution in [2.45, 2.75) is 95.1 Å². The molecule has 5 aromatic rings. The van der Waals surface area contributed by atoms with Crippen molar-refractivity contribution in [3.05, 3.63) is 176 Å². The van der Waals surface area contributed by atoms with Gasteiger partial charge in [0.05, 0.1) is 25.0 Å². The van der Waals surface area contributed by atoms with Gasteiger partial charge in [-0.1, -0.05) is 159 Å². The zero-order chi connectivity index (χ0) is 46.4. The number of halogens is 2. The van der Waals surface area contributed by atoms with Gasteiger partial charge in [0.2, 0.25) is 11.8 Å². The molecule has 338 valence electrons. The van der Waals surface area contributed by atoms with Crippen LogP contribution in [0.1, 0.15) is 78.5 Å². The molecule has 0 fully saturated rings. The van der Waals surface area contributed by atoms with E-state index in [9.17, 15) is 9.59 Å². The Balaban J connectivity index is 1.34. The first-order valence-corrected chi connectivity index (χ1v) is 25.8. The lowest BCUT2D eigenvalue weighted by Crippen LogP contribution is -2.54. The molecule has 11 heteroatoms. The molecule has 6 rings (SSSR count). The van der Waals surface area contributed by atoms with Crippen LogP contribution in [0.5, 0.6) is 0 Å². The fourth-order valence-corrected chi connectivity index (χ4v) is 10.0. The molecule has 3 unspecified atom stereocenters. The summed E-state index contributed by atoms with van der Waals surface area (Å²) in [7, 11) is 1.30. The minimum Gasteiger partial charge on any atom is -0.444 e. The minimum absolute atomic E-state index is 0.0526. The Hall–Kier alpha value is -4.77. The van der Waals surface area contributed by atoms with Gasteiger partial charge < -0.3 is 24.7 Å². The van der Waals surface area contributed by atoms with E-state index in [1.165, 1.54) is 0 Å². The van der Waals surface area contributed by atoms with Crippen LogP contribution < -0.4 is 5.73 Å². The van der Waals surface area contributed by atoms with E-state index in [0.717, 1.165) is 39.8 Å². The molecule has 1 aliphatic carbocycles. The van der Waals surface area contributed by atoms with Crippen molar-refractivity contribution in [3.8, 4) is 0 Å². The molecule has 64 heavy (non-hydrogen) atoms. The monoisotopic (exact) mass is 919 g/mol. The highest BCUT2D eigenvalue weighted by molar-refractivity contribution is 6.74. The number of benzene rings is 5. The average Bonchev–Trinajstić information content (AvgIpc) is 3.71. The van der Waals surface area contributed by atoms with Gasteiger partial charge in [-0.15, -0.1) is 0 Å². The van der Waals surface area contributed by atoms with Gasteiger partial charge in [-0.05, 0) is 85.1 Å². The first kappa shape index (κ1) is 48.7. The van der Waals surface area contributed by atoms with Crippen LogP contribution in [0.3, 0.4) is 0 Å². The summed E-state index contributed by atoms with van der Waals surface area (Å²) in [6, 6.07) is 39.2. The Labute approximate surface area is 391 Å². The zero-order valence-electron chi connectivity index (χ0n) is 38.4. The topological polar surface area (TPSA) is 102 Å². The standard InChI is InChI=1S/C53H63Cl2N3O5Si/c1-36-22-27-40(28-23-36)53(39-17-10-9-11-18-39,46-20-14-15-21-47(46)55)63-49(59)33-45(44-31-26-38-16-12-13-19-43(38)44)50(60)57(5)34-42(32-37-24-29-41(54)30-25-37)58(6)51(61)48(56)35-62-64(7,8)52(2,3)4/h9-25,27-30,42,44-45,48H,26,31-35,56H2,1-8H3/t42?,44-,45?,48?,53+/m1/s1. The summed E-state index contributed by atoms with van der Waals surface area (Å²) < 4.78 is 13.3. The molecule has 0 radical (unpaired) electrons. The van der Waals surface area contributed by atoms with Crippen LogP contribution in [-0.2, 0) is 42.0 Å². The van der Waals surface area contributed by atoms with Gasteiger partial charge in [0.1, 0.15) is 6.04 Å². The second kappa shape index (κ2) is 20.6. The third-order valence-corrected chi connectivity index (χ3v) is 18.5. The van der Waals surface area contributed by atoms with Gasteiger partial charge >= 0.3 is 5.97 Å². The Morgan fingerprint density at radius 2 is 1.41 bits per heavy atom. The highest BCUT2D eigenvalue weighted by Crippen LogP contribution is 2.46. The molecular formula is C53H63Cl2N3O5Si. The van der Waals surface area contributed by atoms with E-state index in [0.29, 0.717) is 28.5 Å². The van der Waals surface area contributed by atoms with Crippen molar-refractivity contribution in [2.24, 2.45) is 11.7 Å². The van der Waals surface area contributed by atoms with E-state index >= 15 is 4.79 Å². The lowest BCUT2D eigenvalue weighted by Gasteiger charge is -2.38. The predicted octanol–water partition coefficient (Wildman–Crippen LogP) is 10.8. The third kappa shape index (κ3) is 11.0. The molecule has 0 bridgehead atoms. The highest BCUT2D eigenvalue weighted by atomic mass is 35.5. The lowest BCUT2D eigenvalue weighted by molar-refractivity contribution is -0.157. The molecule has 0 heterocycles. The molecule has 0 saturated carbocycles. The molecule has 0 aliphatic heterocycles. The smallest absolute Gasteiger partial charge is 0.308 e. The van der Waals surface area contributed by atoms with E-state index in [-0.39, 0.29) is 42.3 Å². The largest absolute Gasteiger partial charge is 0.444 e. The predicted molar refractivity (Wildman–Crippen MR) is 261 cm³/mol. The maximum Gasteiger partial charge on any atom is 0.308 e. The van der Waals surface area contributed by atoms with Gasteiger partial charge in [0, 0.05) is 47.4 Å². The summed E-state index contributed by atoms with van der Waals surface area (Å²) in [5, 5.41) is 0.984. The van der Waals surface area contributed by atoms with Crippen molar-refractivity contribution >= 4 is 49.3 Å². The Morgan fingerprint density at radius 3 is 2.06 bits per heavy atom. The first-order valence-electron chi connectivity index (χ1n) is 22.2. The molecule has 5 atom stereocenters. The minimum atomic E-state index is -2.19. The van der Waals surface area contributed by atoms with Gasteiger partial charge in [-0.2, -0.15) is 0 Å². The number of amides is 2. The van der Waals surface area contributed by atoms with Crippen LogP contribution in [0.4, 0.5) is 0 Å². The number of esters is 1. The SMILES string of the molecule is Cc1ccc([C@@](OC(=O)CC(C(=O)N(C)CC(Cc2ccc(Cl)cc2)N(C)C(=O)C(N)CO[Si](C)(C)C(C)(C)C)[C@@H]2CCc3ccccc32)(c2ccccc2)c2ccccc2Cl)cc1. The number of carbonyl (C=O) groups is 3. The zero-order valence-corrected chi connectivity index (χ0v) is 41.0. The van der Waals surface area contributed by atoms with Crippen LogP contribution >= 0.6 is 23.2 Å². The number of hydrogen-bond acceptors (Lipinski definition) is 6. The number of carbonyl (C=O) groups excluding carboxylic acids is 3. The van der Waals surface area contributed by atoms with Crippen LogP contribution in [0.25, 0.3) is 0 Å². The summed E-state index contributed by atoms with van der Waals surface area (Å²) in [6.45, 7) is 13.0.